The van der Waals surface area contributed by atoms with Gasteiger partial charge in [0.25, 0.3) is 0 Å². The Bertz CT molecular complexity index is 619. The first-order valence-electron chi connectivity index (χ1n) is 7.58. The van der Waals surface area contributed by atoms with Gasteiger partial charge in [0.1, 0.15) is 0 Å². The number of aliphatic hydroxyl groups is 1. The largest absolute Gasteiger partial charge is 0.493 e. The monoisotopic (exact) mass is 379 g/mol. The molecular formula is C18H22BrNO3. The van der Waals surface area contributed by atoms with Crippen molar-refractivity contribution in [3.05, 3.63) is 58.1 Å². The van der Waals surface area contributed by atoms with Crippen molar-refractivity contribution in [2.75, 3.05) is 20.3 Å². The summed E-state index contributed by atoms with van der Waals surface area (Å²) in [4.78, 5) is 0. The summed E-state index contributed by atoms with van der Waals surface area (Å²) in [6, 6.07) is 13.6. The van der Waals surface area contributed by atoms with Crippen molar-refractivity contribution < 1.29 is 14.6 Å². The predicted molar refractivity (Wildman–Crippen MR) is 95.0 cm³/mol. The second-order valence-corrected chi connectivity index (χ2v) is 5.95. The maximum absolute atomic E-state index is 10.2. The number of aliphatic hydroxyl groups excluding tert-OH is 1. The van der Waals surface area contributed by atoms with E-state index in [9.17, 15) is 5.11 Å². The van der Waals surface area contributed by atoms with Crippen LogP contribution in [-0.4, -0.2) is 25.4 Å². The number of ether oxygens (including phenoxy) is 2. The maximum atomic E-state index is 10.2. The normalized spacial score (nSPS) is 12.0. The molecule has 0 heterocycles. The van der Waals surface area contributed by atoms with Crippen LogP contribution in [0.4, 0.5) is 0 Å². The lowest BCUT2D eigenvalue weighted by molar-refractivity contribution is 0.174. The maximum Gasteiger partial charge on any atom is 0.175 e. The standard InChI is InChI=1S/C18H22BrNO3/c1-3-23-18-15(19)9-13(10-17(18)22-2)11-20-12-16(21)14-7-5-4-6-8-14/h4-10,16,20-21H,3,11-12H2,1-2H3. The molecule has 4 nitrogen and oxygen atoms in total. The van der Waals surface area contributed by atoms with Gasteiger partial charge in [-0.1, -0.05) is 30.3 Å². The average molecular weight is 380 g/mol. The van der Waals surface area contributed by atoms with E-state index < -0.39 is 6.10 Å². The van der Waals surface area contributed by atoms with Gasteiger partial charge in [-0.25, -0.2) is 0 Å². The van der Waals surface area contributed by atoms with E-state index in [1.165, 1.54) is 0 Å². The van der Waals surface area contributed by atoms with Crippen molar-refractivity contribution >= 4 is 15.9 Å². The molecule has 2 N–H and O–H groups in total. The number of rotatable bonds is 8. The fourth-order valence-corrected chi connectivity index (χ4v) is 2.91. The Labute approximate surface area is 145 Å². The lowest BCUT2D eigenvalue weighted by atomic mass is 10.1. The zero-order chi connectivity index (χ0) is 16.7. The second-order valence-electron chi connectivity index (χ2n) is 5.10. The van der Waals surface area contributed by atoms with Gasteiger partial charge in [0.15, 0.2) is 11.5 Å². The van der Waals surface area contributed by atoms with Gasteiger partial charge in [0, 0.05) is 13.1 Å². The highest BCUT2D eigenvalue weighted by atomic mass is 79.9. The summed E-state index contributed by atoms with van der Waals surface area (Å²) in [5, 5.41) is 13.4. The van der Waals surface area contributed by atoms with Crippen LogP contribution in [0.2, 0.25) is 0 Å². The minimum atomic E-state index is -0.524. The number of methoxy groups -OCH3 is 1. The Morgan fingerprint density at radius 1 is 1.22 bits per heavy atom. The van der Waals surface area contributed by atoms with Crippen LogP contribution in [0.1, 0.15) is 24.2 Å². The van der Waals surface area contributed by atoms with Gasteiger partial charge in [-0.2, -0.15) is 0 Å². The van der Waals surface area contributed by atoms with Crippen LogP contribution < -0.4 is 14.8 Å². The molecule has 5 heteroatoms. The summed E-state index contributed by atoms with van der Waals surface area (Å²) in [5.74, 6) is 1.41. The molecule has 124 valence electrons. The van der Waals surface area contributed by atoms with Crippen LogP contribution >= 0.6 is 15.9 Å². The molecule has 0 radical (unpaired) electrons. The molecule has 2 rings (SSSR count). The van der Waals surface area contributed by atoms with Crippen LogP contribution in [-0.2, 0) is 6.54 Å². The molecule has 0 fully saturated rings. The van der Waals surface area contributed by atoms with E-state index in [-0.39, 0.29) is 0 Å². The van der Waals surface area contributed by atoms with Gasteiger partial charge in [0.05, 0.1) is 24.3 Å². The van der Waals surface area contributed by atoms with Gasteiger partial charge in [-0.15, -0.1) is 0 Å². The number of nitrogens with one attached hydrogen (secondary N) is 1. The van der Waals surface area contributed by atoms with Gasteiger partial charge in [-0.05, 0) is 46.1 Å². The van der Waals surface area contributed by atoms with E-state index in [1.54, 1.807) is 7.11 Å². The highest BCUT2D eigenvalue weighted by Gasteiger charge is 2.12. The molecule has 23 heavy (non-hydrogen) atoms. The van der Waals surface area contributed by atoms with Crippen LogP contribution in [0, 0.1) is 0 Å². The number of hydrogen-bond acceptors (Lipinski definition) is 4. The second kappa shape index (κ2) is 8.91. The molecule has 2 aromatic rings. The first-order chi connectivity index (χ1) is 11.2. The third kappa shape index (κ3) is 4.96. The lowest BCUT2D eigenvalue weighted by Crippen LogP contribution is -2.21. The van der Waals surface area contributed by atoms with Gasteiger partial charge in [0.2, 0.25) is 0 Å². The lowest BCUT2D eigenvalue weighted by Gasteiger charge is -2.15. The Hall–Kier alpha value is -1.56. The topological polar surface area (TPSA) is 50.7 Å². The van der Waals surface area contributed by atoms with Crippen LogP contribution in [0.3, 0.4) is 0 Å². The SMILES string of the molecule is CCOc1c(Br)cc(CNCC(O)c2ccccc2)cc1OC. The molecule has 0 aliphatic heterocycles. The molecule has 0 aromatic heterocycles. The van der Waals surface area contributed by atoms with Crippen LogP contribution in [0.15, 0.2) is 46.9 Å². The molecule has 1 atom stereocenters. The third-order valence-corrected chi connectivity index (χ3v) is 4.02. The van der Waals surface area contributed by atoms with Gasteiger partial charge >= 0.3 is 0 Å². The number of benzene rings is 2. The fraction of sp³-hybridized carbons (Fsp3) is 0.333. The van der Waals surface area contributed by atoms with Crippen molar-refractivity contribution in [3.8, 4) is 11.5 Å². The van der Waals surface area contributed by atoms with Gasteiger partial charge in [-0.3, -0.25) is 0 Å². The molecule has 1 unspecified atom stereocenters. The van der Waals surface area contributed by atoms with E-state index in [0.29, 0.717) is 31.2 Å². The van der Waals surface area contributed by atoms with Crippen molar-refractivity contribution in [1.82, 2.24) is 5.32 Å². The highest BCUT2D eigenvalue weighted by Crippen LogP contribution is 2.36. The summed E-state index contributed by atoms with van der Waals surface area (Å²) in [5.41, 5.74) is 1.96. The Morgan fingerprint density at radius 2 is 1.96 bits per heavy atom. The molecule has 0 aliphatic rings. The van der Waals surface area contributed by atoms with Crippen molar-refractivity contribution in [2.45, 2.75) is 19.6 Å². The zero-order valence-corrected chi connectivity index (χ0v) is 15.0. The fourth-order valence-electron chi connectivity index (χ4n) is 2.31. The highest BCUT2D eigenvalue weighted by molar-refractivity contribution is 9.10. The molecule has 2 aromatic carbocycles. The van der Waals surface area contributed by atoms with Gasteiger partial charge < -0.3 is 19.9 Å². The molecule has 0 spiro atoms. The van der Waals surface area contributed by atoms with Crippen molar-refractivity contribution in [3.63, 3.8) is 0 Å². The Balaban J connectivity index is 1.97. The molecule has 0 aliphatic carbocycles. The van der Waals surface area contributed by atoms with Crippen molar-refractivity contribution in [1.29, 1.82) is 0 Å². The third-order valence-electron chi connectivity index (χ3n) is 3.43. The Kier molecular flexibility index (Phi) is 6.89. The minimum absolute atomic E-state index is 0.483. The van der Waals surface area contributed by atoms with E-state index >= 15 is 0 Å². The molecule has 0 saturated carbocycles. The number of halogens is 1. The molecular weight excluding hydrogens is 358 g/mol. The van der Waals surface area contributed by atoms with Crippen LogP contribution in [0.5, 0.6) is 11.5 Å². The Morgan fingerprint density at radius 3 is 2.61 bits per heavy atom. The smallest absolute Gasteiger partial charge is 0.175 e. The summed E-state index contributed by atoms with van der Waals surface area (Å²) < 4.78 is 11.8. The summed E-state index contributed by atoms with van der Waals surface area (Å²) in [6.45, 7) is 3.63. The first-order valence-corrected chi connectivity index (χ1v) is 8.38. The van der Waals surface area contributed by atoms with Crippen LogP contribution in [0.25, 0.3) is 0 Å². The summed E-state index contributed by atoms with van der Waals surface area (Å²) in [7, 11) is 1.63. The van der Waals surface area contributed by atoms with E-state index in [1.807, 2.05) is 49.4 Å². The summed E-state index contributed by atoms with van der Waals surface area (Å²) in [6.07, 6.45) is -0.524. The van der Waals surface area contributed by atoms with Crippen molar-refractivity contribution in [2.24, 2.45) is 0 Å². The first kappa shape index (κ1) is 17.8. The van der Waals surface area contributed by atoms with E-state index in [4.69, 9.17) is 9.47 Å². The van der Waals surface area contributed by atoms with E-state index in [0.717, 1.165) is 15.6 Å². The quantitative estimate of drug-likeness (QED) is 0.734. The summed E-state index contributed by atoms with van der Waals surface area (Å²) >= 11 is 3.52. The molecule has 0 amide bonds. The minimum Gasteiger partial charge on any atom is -0.493 e. The average Bonchev–Trinajstić information content (AvgIpc) is 2.57. The molecule has 0 saturated heterocycles. The number of hydrogen-bond donors (Lipinski definition) is 2. The van der Waals surface area contributed by atoms with E-state index in [2.05, 4.69) is 21.2 Å². The molecule has 0 bridgehead atoms. The zero-order valence-electron chi connectivity index (χ0n) is 13.4. The predicted octanol–water partition coefficient (Wildman–Crippen LogP) is 3.68.